The van der Waals surface area contributed by atoms with E-state index < -0.39 is 16.1 Å². The fourth-order valence-electron chi connectivity index (χ4n) is 2.18. The SMILES string of the molecule is Cc1cc(S(=O)(=O)N(C)C)cc(NC(=O)C(C)n2cccn2)c1C. The second kappa shape index (κ2) is 6.74. The summed E-state index contributed by atoms with van der Waals surface area (Å²) in [6.07, 6.45) is 3.30. The minimum absolute atomic E-state index is 0.151. The molecular formula is C16H22N4O3S. The van der Waals surface area contributed by atoms with E-state index in [2.05, 4.69) is 10.4 Å². The van der Waals surface area contributed by atoms with Crippen molar-refractivity contribution < 1.29 is 13.2 Å². The number of carbonyl (C=O) groups is 1. The number of nitrogens with zero attached hydrogens (tertiary/aromatic N) is 3. The maximum atomic E-state index is 12.4. The summed E-state index contributed by atoms with van der Waals surface area (Å²) < 4.78 is 27.4. The average Bonchev–Trinajstić information content (AvgIpc) is 3.04. The molecule has 7 nitrogen and oxygen atoms in total. The lowest BCUT2D eigenvalue weighted by atomic mass is 10.1. The number of nitrogens with one attached hydrogen (secondary N) is 1. The molecular weight excluding hydrogens is 328 g/mol. The molecule has 0 fully saturated rings. The first-order chi connectivity index (χ1) is 11.1. The Morgan fingerprint density at radius 2 is 1.96 bits per heavy atom. The molecule has 0 spiro atoms. The molecule has 0 bridgehead atoms. The van der Waals surface area contributed by atoms with Gasteiger partial charge in [0.15, 0.2) is 0 Å². The molecule has 1 heterocycles. The standard InChI is InChI=1S/C16H22N4O3S/c1-11-9-14(24(22,23)19(4)5)10-15(12(11)2)18-16(21)13(3)20-8-6-7-17-20/h6-10,13H,1-5H3,(H,18,21). The number of aromatic nitrogens is 2. The zero-order chi connectivity index (χ0) is 18.1. The second-order valence-corrected chi connectivity index (χ2v) is 8.00. The van der Waals surface area contributed by atoms with Crippen molar-refractivity contribution >= 4 is 21.6 Å². The summed E-state index contributed by atoms with van der Waals surface area (Å²) in [5.41, 5.74) is 2.10. The molecule has 0 saturated heterocycles. The van der Waals surface area contributed by atoms with Crippen LogP contribution < -0.4 is 5.32 Å². The first-order valence-corrected chi connectivity index (χ1v) is 8.92. The van der Waals surface area contributed by atoms with Gasteiger partial charge in [0.1, 0.15) is 6.04 Å². The Morgan fingerprint density at radius 1 is 1.29 bits per heavy atom. The Balaban J connectivity index is 2.37. The molecule has 24 heavy (non-hydrogen) atoms. The summed E-state index contributed by atoms with van der Waals surface area (Å²) in [7, 11) is -0.624. The highest BCUT2D eigenvalue weighted by Gasteiger charge is 2.21. The number of carbonyl (C=O) groups excluding carboxylic acids is 1. The zero-order valence-electron chi connectivity index (χ0n) is 14.4. The molecule has 1 aromatic heterocycles. The van der Waals surface area contributed by atoms with E-state index in [1.807, 2.05) is 13.8 Å². The second-order valence-electron chi connectivity index (χ2n) is 5.85. The van der Waals surface area contributed by atoms with Crippen LogP contribution in [0, 0.1) is 13.8 Å². The van der Waals surface area contributed by atoms with Crippen LogP contribution in [0.25, 0.3) is 0 Å². The number of hydrogen-bond acceptors (Lipinski definition) is 4. The van der Waals surface area contributed by atoms with Crippen molar-refractivity contribution in [1.82, 2.24) is 14.1 Å². The smallest absolute Gasteiger partial charge is 0.248 e. The Morgan fingerprint density at radius 3 is 2.50 bits per heavy atom. The quantitative estimate of drug-likeness (QED) is 0.893. The van der Waals surface area contributed by atoms with E-state index in [0.29, 0.717) is 5.69 Å². The van der Waals surface area contributed by atoms with Crippen LogP contribution in [0.1, 0.15) is 24.1 Å². The fourth-order valence-corrected chi connectivity index (χ4v) is 3.20. The number of anilines is 1. The monoisotopic (exact) mass is 350 g/mol. The van der Waals surface area contributed by atoms with E-state index in [1.54, 1.807) is 31.5 Å². The van der Waals surface area contributed by atoms with Crippen LogP contribution in [0.15, 0.2) is 35.5 Å². The van der Waals surface area contributed by atoms with Crippen LogP contribution in [0.3, 0.4) is 0 Å². The summed E-state index contributed by atoms with van der Waals surface area (Å²) >= 11 is 0. The van der Waals surface area contributed by atoms with Gasteiger partial charge in [0.05, 0.1) is 4.90 Å². The molecule has 1 N–H and O–H groups in total. The van der Waals surface area contributed by atoms with Crippen LogP contribution in [-0.4, -0.2) is 42.5 Å². The molecule has 2 rings (SSSR count). The molecule has 0 radical (unpaired) electrons. The molecule has 2 aromatic rings. The van der Waals surface area contributed by atoms with Crippen molar-refractivity contribution in [3.05, 3.63) is 41.7 Å². The van der Waals surface area contributed by atoms with E-state index >= 15 is 0 Å². The van der Waals surface area contributed by atoms with Crippen LogP contribution in [0.2, 0.25) is 0 Å². The fraction of sp³-hybridized carbons (Fsp3) is 0.375. The van der Waals surface area contributed by atoms with Crippen molar-refractivity contribution in [3.63, 3.8) is 0 Å². The molecule has 1 unspecified atom stereocenters. The van der Waals surface area contributed by atoms with Crippen molar-refractivity contribution in [2.75, 3.05) is 19.4 Å². The Hall–Kier alpha value is -2.19. The molecule has 1 amide bonds. The van der Waals surface area contributed by atoms with E-state index in [0.717, 1.165) is 15.4 Å². The minimum atomic E-state index is -3.57. The van der Waals surface area contributed by atoms with Crippen molar-refractivity contribution in [1.29, 1.82) is 0 Å². The summed E-state index contributed by atoms with van der Waals surface area (Å²) in [6, 6.07) is 4.33. The third-order valence-electron chi connectivity index (χ3n) is 3.98. The highest BCUT2D eigenvalue weighted by Crippen LogP contribution is 2.26. The van der Waals surface area contributed by atoms with Crippen LogP contribution >= 0.6 is 0 Å². The van der Waals surface area contributed by atoms with Gasteiger partial charge in [-0.3, -0.25) is 9.48 Å². The number of amides is 1. The third kappa shape index (κ3) is 3.49. The predicted octanol–water partition coefficient (Wildman–Crippen LogP) is 1.95. The van der Waals surface area contributed by atoms with Gasteiger partial charge in [0.2, 0.25) is 15.9 Å². The molecule has 8 heteroatoms. The molecule has 1 aromatic carbocycles. The maximum Gasteiger partial charge on any atom is 0.248 e. The van der Waals surface area contributed by atoms with Crippen LogP contribution in [-0.2, 0) is 14.8 Å². The number of aryl methyl sites for hydroxylation is 1. The van der Waals surface area contributed by atoms with E-state index in [4.69, 9.17) is 0 Å². The zero-order valence-corrected chi connectivity index (χ0v) is 15.3. The Labute approximate surface area is 142 Å². The first kappa shape index (κ1) is 18.2. The number of benzene rings is 1. The molecule has 0 aliphatic heterocycles. The molecule has 130 valence electrons. The van der Waals surface area contributed by atoms with E-state index in [-0.39, 0.29) is 10.8 Å². The lowest BCUT2D eigenvalue weighted by molar-refractivity contribution is -0.119. The summed E-state index contributed by atoms with van der Waals surface area (Å²) in [5, 5.41) is 6.86. The van der Waals surface area contributed by atoms with Crippen LogP contribution in [0.5, 0.6) is 0 Å². The molecule has 0 saturated carbocycles. The van der Waals surface area contributed by atoms with Crippen molar-refractivity contribution in [2.45, 2.75) is 31.7 Å². The summed E-state index contributed by atoms with van der Waals surface area (Å²) in [6.45, 7) is 5.39. The lowest BCUT2D eigenvalue weighted by Crippen LogP contribution is -2.25. The predicted molar refractivity (Wildman–Crippen MR) is 92.4 cm³/mol. The third-order valence-corrected chi connectivity index (χ3v) is 5.77. The Bertz CT molecular complexity index is 842. The first-order valence-electron chi connectivity index (χ1n) is 7.48. The van der Waals surface area contributed by atoms with E-state index in [9.17, 15) is 13.2 Å². The van der Waals surface area contributed by atoms with E-state index in [1.165, 1.54) is 24.8 Å². The number of rotatable bonds is 5. The highest BCUT2D eigenvalue weighted by atomic mass is 32.2. The van der Waals surface area contributed by atoms with Gasteiger partial charge in [0, 0.05) is 32.2 Å². The van der Waals surface area contributed by atoms with Gasteiger partial charge in [-0.2, -0.15) is 5.10 Å². The number of sulfonamides is 1. The topological polar surface area (TPSA) is 84.3 Å². The lowest BCUT2D eigenvalue weighted by Gasteiger charge is -2.18. The van der Waals surface area contributed by atoms with Gasteiger partial charge in [0.25, 0.3) is 0 Å². The van der Waals surface area contributed by atoms with Gasteiger partial charge in [-0.05, 0) is 50.1 Å². The maximum absolute atomic E-state index is 12.4. The largest absolute Gasteiger partial charge is 0.324 e. The highest BCUT2D eigenvalue weighted by molar-refractivity contribution is 7.89. The van der Waals surface area contributed by atoms with Crippen molar-refractivity contribution in [3.8, 4) is 0 Å². The normalized spacial score (nSPS) is 13.1. The molecule has 1 atom stereocenters. The van der Waals surface area contributed by atoms with Gasteiger partial charge in [-0.15, -0.1) is 0 Å². The van der Waals surface area contributed by atoms with Gasteiger partial charge in [-0.25, -0.2) is 12.7 Å². The number of hydrogen-bond donors (Lipinski definition) is 1. The average molecular weight is 350 g/mol. The summed E-state index contributed by atoms with van der Waals surface area (Å²) in [4.78, 5) is 12.6. The Kier molecular flexibility index (Phi) is 5.10. The van der Waals surface area contributed by atoms with Crippen LogP contribution in [0.4, 0.5) is 5.69 Å². The minimum Gasteiger partial charge on any atom is -0.324 e. The van der Waals surface area contributed by atoms with Gasteiger partial charge >= 0.3 is 0 Å². The van der Waals surface area contributed by atoms with Gasteiger partial charge < -0.3 is 5.32 Å². The van der Waals surface area contributed by atoms with Gasteiger partial charge in [-0.1, -0.05) is 0 Å². The molecule has 0 aliphatic rings. The summed E-state index contributed by atoms with van der Waals surface area (Å²) in [5.74, 6) is -0.263. The van der Waals surface area contributed by atoms with Crippen molar-refractivity contribution in [2.24, 2.45) is 0 Å². The molecule has 0 aliphatic carbocycles.